The van der Waals surface area contributed by atoms with Crippen molar-refractivity contribution >= 4 is 38.7 Å². The Labute approximate surface area is 250 Å². The zero-order valence-corrected chi connectivity index (χ0v) is 25.8. The van der Waals surface area contributed by atoms with Crippen molar-refractivity contribution < 1.29 is 4.57 Å². The summed E-state index contributed by atoms with van der Waals surface area (Å²) in [5, 5.41) is 4.16. The molecule has 0 saturated carbocycles. The van der Waals surface area contributed by atoms with Crippen molar-refractivity contribution in [2.75, 3.05) is 36.0 Å². The number of nitrogens with zero attached hydrogens (tertiary/aromatic N) is 4. The van der Waals surface area contributed by atoms with Crippen molar-refractivity contribution in [2.45, 2.75) is 59.9 Å². The number of hydrogen-bond acceptors (Lipinski definition) is 2. The van der Waals surface area contributed by atoms with Crippen LogP contribution in [0.2, 0.25) is 0 Å². The van der Waals surface area contributed by atoms with Crippen molar-refractivity contribution in [3.05, 3.63) is 72.4 Å². The van der Waals surface area contributed by atoms with Gasteiger partial charge in [-0.1, -0.05) is 70.2 Å². The summed E-state index contributed by atoms with van der Waals surface area (Å²) in [5.74, 6) is 3.19. The highest BCUT2D eigenvalue weighted by Crippen LogP contribution is 2.45. The van der Waals surface area contributed by atoms with Gasteiger partial charge in [0.1, 0.15) is 18.3 Å². The zero-order chi connectivity index (χ0) is 28.5. The molecule has 4 nitrogen and oxygen atoms in total. The number of pyridine rings is 1. The van der Waals surface area contributed by atoms with Gasteiger partial charge >= 0.3 is 0 Å². The molecule has 0 spiro atoms. The topological polar surface area (TPSA) is 14.8 Å². The second kappa shape index (κ2) is 10.0. The molecule has 3 aromatic carbocycles. The van der Waals surface area contributed by atoms with Gasteiger partial charge in [0.25, 0.3) is 5.65 Å². The lowest BCUT2D eigenvalue weighted by molar-refractivity contribution is -0.657. The predicted molar refractivity (Wildman–Crippen MR) is 177 cm³/mol. The van der Waals surface area contributed by atoms with Crippen LogP contribution >= 0.6 is 0 Å². The van der Waals surface area contributed by atoms with Gasteiger partial charge in [-0.25, -0.2) is 4.57 Å². The third-order valence-electron chi connectivity index (χ3n) is 11.1. The predicted octanol–water partition coefficient (Wildman–Crippen LogP) is 8.31. The average molecular weight is 558 g/mol. The van der Waals surface area contributed by atoms with E-state index in [-0.39, 0.29) is 0 Å². The van der Waals surface area contributed by atoms with Gasteiger partial charge in [-0.2, -0.15) is 4.40 Å². The van der Waals surface area contributed by atoms with E-state index in [9.17, 15) is 0 Å². The number of benzene rings is 3. The lowest BCUT2D eigenvalue weighted by atomic mass is 9.85. The maximum atomic E-state index is 2.71. The van der Waals surface area contributed by atoms with E-state index in [4.69, 9.17) is 0 Å². The van der Waals surface area contributed by atoms with Crippen LogP contribution in [0.1, 0.15) is 58.9 Å². The van der Waals surface area contributed by atoms with Crippen LogP contribution in [0.15, 0.2) is 66.9 Å². The minimum atomic E-state index is 0.764. The van der Waals surface area contributed by atoms with E-state index in [2.05, 4.69) is 113 Å². The lowest BCUT2D eigenvalue weighted by Crippen LogP contribution is -2.37. The smallest absolute Gasteiger partial charge is 0.295 e. The number of anilines is 2. The number of piperidine rings is 2. The Morgan fingerprint density at radius 3 is 1.86 bits per heavy atom. The summed E-state index contributed by atoms with van der Waals surface area (Å²) in [4.78, 5) is 5.42. The summed E-state index contributed by atoms with van der Waals surface area (Å²) in [7, 11) is 0. The number of fused-ring (bicyclic) bond motifs is 3. The first-order chi connectivity index (χ1) is 20.5. The largest absolute Gasteiger partial charge is 0.371 e. The number of para-hydroxylation sites is 1. The third kappa shape index (κ3) is 3.97. The van der Waals surface area contributed by atoms with E-state index in [1.807, 2.05) is 0 Å². The molecule has 0 bridgehead atoms. The van der Waals surface area contributed by atoms with Gasteiger partial charge in [-0.05, 0) is 67.6 Å². The Kier molecular flexibility index (Phi) is 6.24. The molecule has 3 aliphatic heterocycles. The fourth-order valence-corrected chi connectivity index (χ4v) is 8.54. The molecule has 0 radical (unpaired) electrons. The van der Waals surface area contributed by atoms with Crippen LogP contribution < -0.4 is 14.4 Å². The monoisotopic (exact) mass is 557 g/mol. The van der Waals surface area contributed by atoms with E-state index in [1.165, 1.54) is 81.2 Å². The molecule has 2 aromatic heterocycles. The van der Waals surface area contributed by atoms with Crippen LogP contribution in [0.5, 0.6) is 0 Å². The summed E-state index contributed by atoms with van der Waals surface area (Å²) in [5.41, 5.74) is 9.73. The first kappa shape index (κ1) is 26.1. The van der Waals surface area contributed by atoms with Crippen LogP contribution in [-0.4, -0.2) is 30.6 Å². The van der Waals surface area contributed by atoms with Crippen molar-refractivity contribution in [1.82, 2.24) is 4.40 Å². The van der Waals surface area contributed by atoms with E-state index in [1.54, 1.807) is 0 Å². The highest BCUT2D eigenvalue weighted by atomic mass is 15.2. The molecule has 0 amide bonds. The molecule has 0 unspecified atom stereocenters. The molecule has 3 aliphatic rings. The number of rotatable bonds is 5. The second-order valence-corrected chi connectivity index (χ2v) is 14.0. The molecule has 42 heavy (non-hydrogen) atoms. The number of aromatic nitrogens is 2. The van der Waals surface area contributed by atoms with Crippen LogP contribution in [0.4, 0.5) is 11.4 Å². The lowest BCUT2D eigenvalue weighted by Gasteiger charge is -2.39. The Bertz CT molecular complexity index is 1750. The minimum Gasteiger partial charge on any atom is -0.371 e. The molecule has 0 aliphatic carbocycles. The fraction of sp³-hybridized carbons (Fsp3) is 0.447. The summed E-state index contributed by atoms with van der Waals surface area (Å²) < 4.78 is 5.13. The molecule has 216 valence electrons. The van der Waals surface area contributed by atoms with Gasteiger partial charge < -0.3 is 9.80 Å². The molecule has 0 atom stereocenters. The van der Waals surface area contributed by atoms with Crippen molar-refractivity contribution in [2.24, 2.45) is 23.7 Å². The maximum Gasteiger partial charge on any atom is 0.295 e. The minimum absolute atomic E-state index is 0.764. The van der Waals surface area contributed by atoms with Gasteiger partial charge in [-0.3, -0.25) is 0 Å². The summed E-state index contributed by atoms with van der Waals surface area (Å²) in [6, 6.07) is 23.1. The maximum absolute atomic E-state index is 2.71. The van der Waals surface area contributed by atoms with E-state index < -0.39 is 0 Å². The number of hydrogen-bond donors (Lipinski definition) is 0. The fourth-order valence-electron chi connectivity index (χ4n) is 8.54. The van der Waals surface area contributed by atoms with Crippen LogP contribution in [0.25, 0.3) is 38.6 Å². The summed E-state index contributed by atoms with van der Waals surface area (Å²) >= 11 is 0. The van der Waals surface area contributed by atoms with Crippen molar-refractivity contribution in [1.29, 1.82) is 0 Å². The third-order valence-corrected chi connectivity index (χ3v) is 11.1. The van der Waals surface area contributed by atoms with Gasteiger partial charge in [0.2, 0.25) is 0 Å². The van der Waals surface area contributed by atoms with Crippen molar-refractivity contribution in [3.8, 4) is 11.3 Å². The molecule has 2 fully saturated rings. The average Bonchev–Trinajstić information content (AvgIpc) is 3.57. The van der Waals surface area contributed by atoms with Crippen LogP contribution in [0.3, 0.4) is 0 Å². The molecule has 5 aromatic rings. The zero-order valence-electron chi connectivity index (χ0n) is 25.8. The van der Waals surface area contributed by atoms with Crippen LogP contribution in [0, 0.1) is 23.7 Å². The summed E-state index contributed by atoms with van der Waals surface area (Å²) in [6.45, 7) is 15.1. The van der Waals surface area contributed by atoms with E-state index >= 15 is 0 Å². The van der Waals surface area contributed by atoms with Crippen LogP contribution in [-0.2, 0) is 6.54 Å². The SMILES string of the molecule is CC(C)C1CCN(c2cccc(N3CCC(C(C)C)CC3)c2-c2c[n+]3c4c5c(cccc5c5ccccc5n24)C3)CC1. The normalized spacial score (nSPS) is 18.2. The Morgan fingerprint density at radius 1 is 0.667 bits per heavy atom. The number of imidazole rings is 1. The Morgan fingerprint density at radius 2 is 1.24 bits per heavy atom. The van der Waals surface area contributed by atoms with E-state index in [0.29, 0.717) is 0 Å². The molecule has 8 rings (SSSR count). The molecular weight excluding hydrogens is 512 g/mol. The van der Waals surface area contributed by atoms with Crippen molar-refractivity contribution in [3.63, 3.8) is 0 Å². The standard InChI is InChI=1S/C38H45N4/c1-25(2)27-15-19-39(20-16-27)33-13-8-14-34(40-21-17-28(18-22-40)26(3)4)37(33)35-24-41-23-29-9-7-11-31-30-10-5-6-12-32(30)42(35)38(41)36(29)31/h5-14,24-28H,15-23H2,1-4H3/q+1. The Balaban J connectivity index is 1.36. The summed E-state index contributed by atoms with van der Waals surface area (Å²) in [6.07, 6.45) is 7.62. The second-order valence-electron chi connectivity index (χ2n) is 14.0. The van der Waals surface area contributed by atoms with Gasteiger partial charge in [0, 0.05) is 42.5 Å². The molecule has 4 heteroatoms. The molecule has 2 saturated heterocycles. The quantitative estimate of drug-likeness (QED) is 0.156. The molecule has 0 N–H and O–H groups in total. The molecular formula is C38H45N4+. The Hall–Kier alpha value is -3.53. The van der Waals surface area contributed by atoms with Gasteiger partial charge in [-0.15, -0.1) is 0 Å². The molecule has 5 heterocycles. The van der Waals surface area contributed by atoms with Gasteiger partial charge in [0.05, 0.1) is 22.3 Å². The highest BCUT2D eigenvalue weighted by molar-refractivity contribution is 6.13. The van der Waals surface area contributed by atoms with E-state index in [0.717, 1.165) is 56.4 Å². The first-order valence-corrected chi connectivity index (χ1v) is 16.5. The highest BCUT2D eigenvalue weighted by Gasteiger charge is 2.35. The van der Waals surface area contributed by atoms with Gasteiger partial charge in [0.15, 0.2) is 5.69 Å². The first-order valence-electron chi connectivity index (χ1n) is 16.5.